The van der Waals surface area contributed by atoms with Gasteiger partial charge in [0, 0.05) is 29.2 Å². The molecule has 6 nitrogen and oxygen atoms in total. The molecule has 1 N–H and O–H groups in total. The first-order chi connectivity index (χ1) is 14.4. The van der Waals surface area contributed by atoms with Crippen LogP contribution in [0.25, 0.3) is 0 Å². The van der Waals surface area contributed by atoms with Crippen LogP contribution in [0.2, 0.25) is 5.02 Å². The molecule has 0 fully saturated rings. The Labute approximate surface area is 182 Å². The van der Waals surface area contributed by atoms with Gasteiger partial charge in [0.25, 0.3) is 5.91 Å². The topological polar surface area (TPSA) is 67.9 Å². The van der Waals surface area contributed by atoms with E-state index >= 15 is 0 Å². The summed E-state index contributed by atoms with van der Waals surface area (Å²) in [6.45, 7) is 7.63. The Morgan fingerprint density at radius 1 is 1.10 bits per heavy atom. The molecule has 0 saturated carbocycles. The van der Waals surface area contributed by atoms with Crippen molar-refractivity contribution in [3.05, 3.63) is 58.6 Å². The van der Waals surface area contributed by atoms with E-state index in [-0.39, 0.29) is 17.7 Å². The molecule has 3 rings (SSSR count). The number of benzene rings is 2. The van der Waals surface area contributed by atoms with E-state index in [9.17, 15) is 9.59 Å². The summed E-state index contributed by atoms with van der Waals surface area (Å²) in [7, 11) is 0. The summed E-state index contributed by atoms with van der Waals surface area (Å²) in [5.41, 5.74) is 1.34. The highest BCUT2D eigenvalue weighted by Crippen LogP contribution is 2.34. The number of carbonyl (C=O) groups is 2. The van der Waals surface area contributed by atoms with E-state index in [0.29, 0.717) is 48.4 Å². The number of nitrogens with zero attached hydrogens (tertiary/aromatic N) is 1. The molecule has 0 aromatic heterocycles. The molecule has 0 radical (unpaired) electrons. The average molecular weight is 431 g/mol. The molecule has 1 heterocycles. The number of amides is 2. The lowest BCUT2D eigenvalue weighted by Gasteiger charge is -2.30. The fourth-order valence-corrected chi connectivity index (χ4v) is 3.47. The Morgan fingerprint density at radius 2 is 1.80 bits per heavy atom. The van der Waals surface area contributed by atoms with Crippen LogP contribution in [0.15, 0.2) is 42.5 Å². The lowest BCUT2D eigenvalue weighted by atomic mass is 10.0. The number of hydrogen-bond donors (Lipinski definition) is 1. The number of rotatable bonds is 7. The zero-order valence-electron chi connectivity index (χ0n) is 17.5. The van der Waals surface area contributed by atoms with Crippen molar-refractivity contribution >= 4 is 23.4 Å². The van der Waals surface area contributed by atoms with Crippen LogP contribution in [-0.4, -0.2) is 42.5 Å². The van der Waals surface area contributed by atoms with Gasteiger partial charge in [-0.05, 0) is 43.2 Å². The maximum Gasteiger partial charge on any atom is 0.251 e. The van der Waals surface area contributed by atoms with E-state index in [1.807, 2.05) is 39.0 Å². The molecule has 30 heavy (non-hydrogen) atoms. The van der Waals surface area contributed by atoms with Crippen molar-refractivity contribution in [3.63, 3.8) is 0 Å². The van der Waals surface area contributed by atoms with Crippen LogP contribution in [0, 0.1) is 5.92 Å². The average Bonchev–Trinajstić information content (AvgIpc) is 2.75. The molecule has 0 bridgehead atoms. The van der Waals surface area contributed by atoms with Gasteiger partial charge in [0.05, 0.1) is 0 Å². The number of halogens is 1. The zero-order valence-corrected chi connectivity index (χ0v) is 18.2. The van der Waals surface area contributed by atoms with Crippen LogP contribution in [0.3, 0.4) is 0 Å². The summed E-state index contributed by atoms with van der Waals surface area (Å²) in [5, 5.41) is 3.44. The molecular formula is C23H27ClN2O4. The summed E-state index contributed by atoms with van der Waals surface area (Å²) in [4.78, 5) is 27.7. The first kappa shape index (κ1) is 22.0. The molecule has 160 valence electrons. The van der Waals surface area contributed by atoms with Crippen molar-refractivity contribution in [2.45, 2.75) is 33.4 Å². The van der Waals surface area contributed by atoms with Crippen molar-refractivity contribution in [1.82, 2.24) is 10.2 Å². The fraction of sp³-hybridized carbons (Fsp3) is 0.391. The Balaban J connectivity index is 1.76. The highest BCUT2D eigenvalue weighted by Gasteiger charge is 2.29. The minimum atomic E-state index is -0.648. The van der Waals surface area contributed by atoms with Gasteiger partial charge in [0.1, 0.15) is 19.3 Å². The van der Waals surface area contributed by atoms with Crippen molar-refractivity contribution in [2.75, 3.05) is 19.8 Å². The lowest BCUT2D eigenvalue weighted by molar-refractivity contribution is -0.134. The third-order valence-electron chi connectivity index (χ3n) is 5.03. The minimum Gasteiger partial charge on any atom is -0.486 e. The highest BCUT2D eigenvalue weighted by molar-refractivity contribution is 6.30. The Kier molecular flexibility index (Phi) is 7.21. The number of ether oxygens (including phenoxy) is 2. The highest BCUT2D eigenvalue weighted by atomic mass is 35.5. The summed E-state index contributed by atoms with van der Waals surface area (Å²) in [5.74, 6) is 0.861. The van der Waals surface area contributed by atoms with Gasteiger partial charge in [-0.15, -0.1) is 0 Å². The summed E-state index contributed by atoms with van der Waals surface area (Å²) < 4.78 is 11.4. The summed E-state index contributed by atoms with van der Waals surface area (Å²) in [6.07, 6.45) is 0. The number of hydrogen-bond acceptors (Lipinski definition) is 4. The van der Waals surface area contributed by atoms with Crippen LogP contribution in [0.4, 0.5) is 0 Å². The van der Waals surface area contributed by atoms with Gasteiger partial charge >= 0.3 is 0 Å². The summed E-state index contributed by atoms with van der Waals surface area (Å²) >= 11 is 5.90. The third kappa shape index (κ3) is 5.05. The van der Waals surface area contributed by atoms with Crippen LogP contribution in [0.1, 0.15) is 36.7 Å². The van der Waals surface area contributed by atoms with E-state index in [0.717, 1.165) is 5.56 Å². The molecule has 1 atom stereocenters. The number of fused-ring (bicyclic) bond motifs is 1. The zero-order chi connectivity index (χ0) is 21.7. The Hall–Kier alpha value is -2.73. The molecule has 2 aromatic carbocycles. The van der Waals surface area contributed by atoms with E-state index < -0.39 is 6.04 Å². The quantitative estimate of drug-likeness (QED) is 0.723. The first-order valence-electron chi connectivity index (χ1n) is 10.1. The molecule has 7 heteroatoms. The first-order valence-corrected chi connectivity index (χ1v) is 10.5. The molecule has 2 aromatic rings. The van der Waals surface area contributed by atoms with E-state index in [4.69, 9.17) is 21.1 Å². The van der Waals surface area contributed by atoms with Crippen LogP contribution < -0.4 is 14.8 Å². The Morgan fingerprint density at radius 3 is 2.47 bits per heavy atom. The van der Waals surface area contributed by atoms with Crippen molar-refractivity contribution < 1.29 is 19.1 Å². The number of likely N-dealkylation sites (N-methyl/N-ethyl adjacent to an activating group) is 1. The lowest BCUT2D eigenvalue weighted by Crippen LogP contribution is -2.51. The van der Waals surface area contributed by atoms with Gasteiger partial charge in [0.2, 0.25) is 5.91 Å². The number of carbonyl (C=O) groups excluding carboxylic acids is 2. The smallest absolute Gasteiger partial charge is 0.251 e. The number of nitrogens with one attached hydrogen (secondary N) is 1. The van der Waals surface area contributed by atoms with E-state index in [1.54, 1.807) is 29.2 Å². The second kappa shape index (κ2) is 9.85. The third-order valence-corrected chi connectivity index (χ3v) is 5.28. The second-order valence-electron chi connectivity index (χ2n) is 7.50. The van der Waals surface area contributed by atoms with Gasteiger partial charge in [-0.25, -0.2) is 0 Å². The standard InChI is InChI=1S/C23H27ClN2O4/c1-4-26(14-17-6-5-7-19-21(17)30-13-12-29-19)23(28)20(15(2)3)25-22(27)16-8-10-18(24)11-9-16/h5-11,15,20H,4,12-14H2,1-3H3,(H,25,27). The van der Waals surface area contributed by atoms with Gasteiger partial charge in [-0.3, -0.25) is 9.59 Å². The molecule has 1 aliphatic rings. The fourth-order valence-electron chi connectivity index (χ4n) is 3.35. The second-order valence-corrected chi connectivity index (χ2v) is 7.93. The molecule has 2 amide bonds. The summed E-state index contributed by atoms with van der Waals surface area (Å²) in [6, 6.07) is 11.6. The maximum absolute atomic E-state index is 13.3. The SMILES string of the molecule is CCN(Cc1cccc2c1OCCO2)C(=O)C(NC(=O)c1ccc(Cl)cc1)C(C)C. The predicted octanol–water partition coefficient (Wildman–Crippen LogP) is 3.91. The van der Waals surface area contributed by atoms with Gasteiger partial charge in [0.15, 0.2) is 11.5 Å². The molecule has 0 spiro atoms. The molecule has 0 saturated heterocycles. The van der Waals surface area contributed by atoms with Gasteiger partial charge in [-0.2, -0.15) is 0 Å². The Bertz CT molecular complexity index is 899. The van der Waals surface area contributed by atoms with Gasteiger partial charge in [-0.1, -0.05) is 37.6 Å². The van der Waals surface area contributed by atoms with Crippen molar-refractivity contribution in [1.29, 1.82) is 0 Å². The number of para-hydroxylation sites is 1. The maximum atomic E-state index is 13.3. The molecule has 1 aliphatic heterocycles. The minimum absolute atomic E-state index is 0.0768. The van der Waals surface area contributed by atoms with E-state index in [1.165, 1.54) is 0 Å². The van der Waals surface area contributed by atoms with Crippen LogP contribution in [-0.2, 0) is 11.3 Å². The molecule has 0 aliphatic carbocycles. The molecular weight excluding hydrogens is 404 g/mol. The van der Waals surface area contributed by atoms with Crippen molar-refractivity contribution in [3.8, 4) is 11.5 Å². The van der Waals surface area contributed by atoms with E-state index in [2.05, 4.69) is 5.32 Å². The normalized spacial score (nSPS) is 13.6. The predicted molar refractivity (Wildman–Crippen MR) is 116 cm³/mol. The van der Waals surface area contributed by atoms with Crippen LogP contribution in [0.5, 0.6) is 11.5 Å². The largest absolute Gasteiger partial charge is 0.486 e. The van der Waals surface area contributed by atoms with Gasteiger partial charge < -0.3 is 19.7 Å². The monoisotopic (exact) mass is 430 g/mol. The van der Waals surface area contributed by atoms with Crippen LogP contribution >= 0.6 is 11.6 Å². The molecule has 1 unspecified atom stereocenters. The van der Waals surface area contributed by atoms with Crippen molar-refractivity contribution in [2.24, 2.45) is 5.92 Å².